The summed E-state index contributed by atoms with van der Waals surface area (Å²) in [5, 5.41) is 6.98. The van der Waals surface area contributed by atoms with Gasteiger partial charge in [-0.1, -0.05) is 23.4 Å². The molecule has 0 saturated carbocycles. The lowest BCUT2D eigenvalue weighted by molar-refractivity contribution is 0.393. The van der Waals surface area contributed by atoms with Crippen molar-refractivity contribution in [3.8, 4) is 0 Å². The highest BCUT2D eigenvalue weighted by atomic mass is 32.1. The van der Waals surface area contributed by atoms with Crippen LogP contribution in [0.2, 0.25) is 0 Å². The van der Waals surface area contributed by atoms with E-state index in [1.54, 1.807) is 11.0 Å². The summed E-state index contributed by atoms with van der Waals surface area (Å²) in [7, 11) is 0. The molecule has 0 spiro atoms. The molecule has 11 heavy (non-hydrogen) atoms. The maximum Gasteiger partial charge on any atom is 0.197 e. The van der Waals surface area contributed by atoms with Gasteiger partial charge in [-0.05, 0) is 0 Å². The summed E-state index contributed by atoms with van der Waals surface area (Å²) in [6.45, 7) is 4.18. The lowest BCUT2D eigenvalue weighted by atomic mass is 10.5. The van der Waals surface area contributed by atoms with Crippen LogP contribution in [0.4, 0.5) is 5.82 Å². The van der Waals surface area contributed by atoms with E-state index in [-0.39, 0.29) is 0 Å². The standard InChI is InChI=1S/C6H7N3OS/c1-2-3-9(5-11)6-4-10-8-7-6/h2,4-5H,1,3H2. The number of hydrogen-bond acceptors (Lipinski definition) is 4. The monoisotopic (exact) mass is 169 g/mol. The first-order valence-electron chi connectivity index (χ1n) is 2.98. The van der Waals surface area contributed by atoms with Gasteiger partial charge in [0.1, 0.15) is 0 Å². The van der Waals surface area contributed by atoms with Gasteiger partial charge in [0.25, 0.3) is 0 Å². The molecule has 0 atom stereocenters. The summed E-state index contributed by atoms with van der Waals surface area (Å²) < 4.78 is 4.54. The molecular formula is C6H7N3OS. The third-order valence-corrected chi connectivity index (χ3v) is 1.35. The Morgan fingerprint density at radius 2 is 2.64 bits per heavy atom. The van der Waals surface area contributed by atoms with Crippen LogP contribution in [0.3, 0.4) is 0 Å². The number of aromatic nitrogens is 2. The van der Waals surface area contributed by atoms with Crippen molar-refractivity contribution >= 4 is 23.5 Å². The van der Waals surface area contributed by atoms with E-state index >= 15 is 0 Å². The van der Waals surface area contributed by atoms with Gasteiger partial charge in [0, 0.05) is 11.8 Å². The number of hydrogen-bond donors (Lipinski definition) is 0. The summed E-state index contributed by atoms with van der Waals surface area (Å²) in [6.07, 6.45) is 3.14. The number of nitrogens with zero attached hydrogens (tertiary/aromatic N) is 3. The Hall–Kier alpha value is -1.23. The van der Waals surface area contributed by atoms with Crippen LogP contribution in [0.1, 0.15) is 0 Å². The van der Waals surface area contributed by atoms with E-state index in [2.05, 4.69) is 21.5 Å². The quantitative estimate of drug-likeness (QED) is 0.497. The van der Waals surface area contributed by atoms with Crippen LogP contribution in [0.15, 0.2) is 23.4 Å². The Labute approximate surface area is 69.5 Å². The summed E-state index contributed by atoms with van der Waals surface area (Å²) in [5.41, 5.74) is 1.47. The highest BCUT2D eigenvalue weighted by Crippen LogP contribution is 2.05. The molecule has 1 heterocycles. The van der Waals surface area contributed by atoms with E-state index in [4.69, 9.17) is 12.2 Å². The third kappa shape index (κ3) is 1.84. The zero-order chi connectivity index (χ0) is 8.10. The van der Waals surface area contributed by atoms with Crippen molar-refractivity contribution < 1.29 is 4.52 Å². The maximum absolute atomic E-state index is 4.73. The molecule has 0 saturated heterocycles. The Bertz CT molecular complexity index is 234. The minimum absolute atomic E-state index is 0.597. The van der Waals surface area contributed by atoms with Crippen molar-refractivity contribution in [3.05, 3.63) is 18.9 Å². The molecule has 1 rings (SSSR count). The van der Waals surface area contributed by atoms with Crippen molar-refractivity contribution in [3.63, 3.8) is 0 Å². The number of thiocarbonyl (C=S) groups is 1. The lowest BCUT2D eigenvalue weighted by Gasteiger charge is -2.10. The zero-order valence-electron chi connectivity index (χ0n) is 5.80. The molecule has 0 bridgehead atoms. The second-order valence-corrected chi connectivity index (χ2v) is 2.02. The average molecular weight is 169 g/mol. The molecule has 0 aliphatic carbocycles. The van der Waals surface area contributed by atoms with Crippen LogP contribution in [0.5, 0.6) is 0 Å². The summed E-state index contributed by atoms with van der Waals surface area (Å²) in [4.78, 5) is 1.69. The van der Waals surface area contributed by atoms with E-state index in [1.165, 1.54) is 11.8 Å². The summed E-state index contributed by atoms with van der Waals surface area (Å²) in [5.74, 6) is 0.597. The Morgan fingerprint density at radius 3 is 3.09 bits per heavy atom. The Kier molecular flexibility index (Phi) is 2.74. The van der Waals surface area contributed by atoms with Gasteiger partial charge in [0.15, 0.2) is 12.1 Å². The Morgan fingerprint density at radius 1 is 1.82 bits per heavy atom. The third-order valence-electron chi connectivity index (χ3n) is 1.10. The molecule has 0 amide bonds. The molecule has 0 aliphatic rings. The highest BCUT2D eigenvalue weighted by Gasteiger charge is 2.03. The van der Waals surface area contributed by atoms with Gasteiger partial charge in [-0.2, -0.15) is 0 Å². The van der Waals surface area contributed by atoms with Crippen LogP contribution < -0.4 is 4.90 Å². The molecule has 4 nitrogen and oxygen atoms in total. The minimum atomic E-state index is 0.597. The fourth-order valence-corrected chi connectivity index (χ4v) is 0.809. The highest BCUT2D eigenvalue weighted by molar-refractivity contribution is 7.79. The van der Waals surface area contributed by atoms with Crippen LogP contribution in [0.25, 0.3) is 0 Å². The zero-order valence-corrected chi connectivity index (χ0v) is 6.62. The van der Waals surface area contributed by atoms with Crippen molar-refractivity contribution in [2.24, 2.45) is 0 Å². The van der Waals surface area contributed by atoms with Crippen LogP contribution in [0, 0.1) is 0 Å². The molecular weight excluding hydrogens is 162 g/mol. The van der Waals surface area contributed by atoms with Gasteiger partial charge >= 0.3 is 0 Å². The molecule has 58 valence electrons. The molecule has 1 aromatic rings. The molecule has 5 heteroatoms. The predicted octanol–water partition coefficient (Wildman–Crippen LogP) is 1.02. The van der Waals surface area contributed by atoms with Gasteiger partial charge in [0.2, 0.25) is 0 Å². The van der Waals surface area contributed by atoms with Crippen molar-refractivity contribution in [1.29, 1.82) is 0 Å². The minimum Gasteiger partial charge on any atom is -0.343 e. The summed E-state index contributed by atoms with van der Waals surface area (Å²) >= 11 is 4.73. The Balaban J connectivity index is 2.70. The maximum atomic E-state index is 4.73. The fourth-order valence-electron chi connectivity index (χ4n) is 0.614. The molecule has 0 unspecified atom stereocenters. The topological polar surface area (TPSA) is 42.2 Å². The van der Waals surface area contributed by atoms with Crippen molar-refractivity contribution in [2.75, 3.05) is 11.4 Å². The fraction of sp³-hybridized carbons (Fsp3) is 0.167. The number of rotatable bonds is 4. The normalized spacial score (nSPS) is 9.09. The van der Waals surface area contributed by atoms with E-state index in [1.807, 2.05) is 0 Å². The largest absolute Gasteiger partial charge is 0.343 e. The van der Waals surface area contributed by atoms with Gasteiger partial charge < -0.3 is 9.42 Å². The van der Waals surface area contributed by atoms with Gasteiger partial charge in [-0.25, -0.2) is 0 Å². The molecule has 1 aromatic heterocycles. The van der Waals surface area contributed by atoms with Gasteiger partial charge in [-0.3, -0.25) is 0 Å². The smallest absolute Gasteiger partial charge is 0.197 e. The van der Waals surface area contributed by atoms with E-state index in [0.717, 1.165) is 0 Å². The number of anilines is 1. The van der Waals surface area contributed by atoms with E-state index in [0.29, 0.717) is 12.4 Å². The average Bonchev–Trinajstić information content (AvgIpc) is 2.52. The molecule has 0 fully saturated rings. The molecule has 0 aliphatic heterocycles. The second-order valence-electron chi connectivity index (χ2n) is 1.81. The first-order valence-corrected chi connectivity index (χ1v) is 3.45. The summed E-state index contributed by atoms with van der Waals surface area (Å²) in [6, 6.07) is 0. The molecule has 0 N–H and O–H groups in total. The molecule has 0 radical (unpaired) electrons. The second kappa shape index (κ2) is 3.82. The van der Waals surface area contributed by atoms with Crippen LogP contribution in [-0.4, -0.2) is 22.4 Å². The predicted molar refractivity (Wildman–Crippen MR) is 45.5 cm³/mol. The van der Waals surface area contributed by atoms with Crippen molar-refractivity contribution in [1.82, 2.24) is 10.4 Å². The van der Waals surface area contributed by atoms with E-state index in [9.17, 15) is 0 Å². The lowest BCUT2D eigenvalue weighted by Crippen LogP contribution is -2.19. The molecule has 0 aromatic carbocycles. The SMILES string of the molecule is C=CCN(C=S)c1conn1. The van der Waals surface area contributed by atoms with Gasteiger partial charge in [0.05, 0.1) is 5.49 Å². The first kappa shape index (κ1) is 7.87. The van der Waals surface area contributed by atoms with E-state index < -0.39 is 0 Å². The van der Waals surface area contributed by atoms with Crippen LogP contribution >= 0.6 is 12.2 Å². The van der Waals surface area contributed by atoms with Crippen molar-refractivity contribution in [2.45, 2.75) is 0 Å². The first-order chi connectivity index (χ1) is 5.38. The van der Waals surface area contributed by atoms with Crippen LogP contribution in [-0.2, 0) is 0 Å². The van der Waals surface area contributed by atoms with Gasteiger partial charge in [-0.15, -0.1) is 6.58 Å².